The first kappa shape index (κ1) is 109. The van der Waals surface area contributed by atoms with Gasteiger partial charge in [0.25, 0.3) is 0 Å². The molecule has 123 heavy (non-hydrogen) atoms. The van der Waals surface area contributed by atoms with Crippen LogP contribution in [0.25, 0.3) is 0 Å². The molecule has 37 heteroatoms. The van der Waals surface area contributed by atoms with Crippen molar-refractivity contribution >= 4 is 9.04 Å². The molecule has 22 aliphatic rings. The summed E-state index contributed by atoms with van der Waals surface area (Å²) < 4.78 is 171. The van der Waals surface area contributed by atoms with Crippen molar-refractivity contribution in [2.24, 2.45) is 5.41 Å². The molecule has 0 aromatic carbocycles. The van der Waals surface area contributed by atoms with Gasteiger partial charge in [-0.15, -0.1) is 0 Å². The second kappa shape index (κ2) is 42.1. The summed E-state index contributed by atoms with van der Waals surface area (Å²) in [6.07, 6.45) is -45.7. The summed E-state index contributed by atoms with van der Waals surface area (Å²) in [7, 11) is -1.98. The molecule has 22 aliphatic heterocycles. The number of hydrogen-bond acceptors (Lipinski definition) is 36. The second-order valence-corrected chi connectivity index (χ2v) is 47.3. The summed E-state index contributed by atoms with van der Waals surface area (Å²) in [5, 5.41) is 72.1. The van der Waals surface area contributed by atoms with Crippen molar-refractivity contribution in [3.8, 4) is 0 Å². The van der Waals surface area contributed by atoms with Crippen LogP contribution in [0.3, 0.4) is 0 Å². The van der Waals surface area contributed by atoms with Crippen molar-refractivity contribution in [1.29, 1.82) is 0 Å². The van der Waals surface area contributed by atoms with Gasteiger partial charge in [0.2, 0.25) is 9.04 Å². The van der Waals surface area contributed by atoms with E-state index in [1.54, 1.807) is 104 Å². The molecular formula is C86H161O36Si. The summed E-state index contributed by atoms with van der Waals surface area (Å²) in [4.78, 5) is 34.6. The van der Waals surface area contributed by atoms with Crippen molar-refractivity contribution < 1.29 is 174 Å². The van der Waals surface area contributed by atoms with Crippen molar-refractivity contribution in [2.75, 3.05) is 39.6 Å². The predicted octanol–water partition coefficient (Wildman–Crippen LogP) is 12.7. The van der Waals surface area contributed by atoms with Crippen LogP contribution in [-0.2, 0) is 143 Å². The molecule has 22 saturated heterocycles. The highest BCUT2D eigenvalue weighted by Gasteiger charge is 2.70. The van der Waals surface area contributed by atoms with Crippen molar-refractivity contribution in [3.05, 3.63) is 0 Å². The maximum Gasteiger partial charge on any atom is 0.205 e. The average Bonchev–Trinajstić information content (AvgIpc) is 0.711. The van der Waals surface area contributed by atoms with Gasteiger partial charge in [-0.05, 0) is 247 Å². The maximum absolute atomic E-state index is 12.4. The molecule has 0 spiro atoms. The van der Waals surface area contributed by atoms with Gasteiger partial charge in [0.1, 0.15) is 109 Å². The van der Waals surface area contributed by atoms with Crippen LogP contribution in [0.2, 0.25) is 13.1 Å². The van der Waals surface area contributed by atoms with E-state index in [2.05, 4.69) is 0 Å². The Balaban J connectivity index is 1.65. The molecular weight excluding hydrogens is 1640 g/mol. The van der Waals surface area contributed by atoms with Crippen molar-refractivity contribution in [1.82, 2.24) is 0 Å². The van der Waals surface area contributed by atoms with Crippen LogP contribution in [0, 0.1) is 5.41 Å². The first-order chi connectivity index (χ1) is 55.9. The summed E-state index contributed by atoms with van der Waals surface area (Å²) in [6, 6.07) is 0. The standard InChI is InChI=1S/C86H161O36Si/c1-74(2,3)86-50(44-98-80(19,20)21)104-72(66(67(86)121-92)114-85(34,35)36)109-54-48(42-96-78(13,14)15)102-70(64(59(54)119-90)113-84(31,32)33)107-52-46(40-94-76(7,8)9)100-68(62(57(52)117-88)111-82(25,26)27)105-51-45(39-93-75(4,5)6)99-69(61(56(51)116-87)110-81(22,23)24)106-53-47(41-95-77(10,11)12)101-71(63(58(53)118-89)112-83(28,29)30)108-55-49(43-97-79(16,17)18)103-73(115-86)65(60(55)120-91)122-123(37)38/h45-73,87-92H,39-44H2,1-38H3/t45-,46-,47-,48-,49-,50-,51+,52+,53+,54+,55+,56-,57-,58-,59-,60-,61-,62-,63-,64-,65-,66-,67-,68-,69-,70-,71-,72+,73-,86+/m1/s1. The lowest BCUT2D eigenvalue weighted by Gasteiger charge is -2.60. The maximum atomic E-state index is 12.4. The Morgan fingerprint density at radius 1 is 0.236 bits per heavy atom. The first-order valence-corrected chi connectivity index (χ1v) is 45.7. The Bertz CT molecular complexity index is 3130. The molecule has 0 unspecified atom stereocenters. The normalized spacial score (nSPS) is 37.7. The number of hydrogen-bond donors (Lipinski definition) is 6. The lowest BCUT2D eigenvalue weighted by Crippen LogP contribution is -2.77. The van der Waals surface area contributed by atoms with Gasteiger partial charge in [0.15, 0.2) is 74.4 Å². The van der Waals surface area contributed by atoms with Crippen LogP contribution in [0.5, 0.6) is 0 Å². The van der Waals surface area contributed by atoms with E-state index in [4.69, 9.17) is 143 Å². The molecule has 0 aromatic heterocycles. The highest BCUT2D eigenvalue weighted by molar-refractivity contribution is 6.48. The Labute approximate surface area is 733 Å². The second-order valence-electron chi connectivity index (χ2n) is 45.3. The third-order valence-electron chi connectivity index (χ3n) is 20.3. The fourth-order valence-corrected chi connectivity index (χ4v) is 16.4. The highest BCUT2D eigenvalue weighted by Crippen LogP contribution is 2.53. The SMILES string of the molecule is C[Si](C)O[C@H]1[C@@H]2O[C@H](COC(C)(C)C)[C@H](O[C@H]3O[C@H](COC(C)(C)C)[C@H](O[C@H]4O[C@H](COC(C)(C)C)[C@H](O[C@H]5O[C@H](COC(C)(C)C)[C@H](O[C@H]6O[C@H](COC(C)(C)C)[C@H](O[C@@H]7O[C@H](COC(C)(C)C)[C@](C(C)(C)C)(O2)[C@H](OO)[C@H]7OC(C)(C)C)[C@@H](OO)[C@H]6OC(C)(C)C)[C@@H](OO)[C@H]5OC(C)(C)C)[C@@H](OO)[C@H]4OC(C)(C)C)[C@@H](OO)[C@H]3OC(C)(C)C)[C@H]1OO. The van der Waals surface area contributed by atoms with Crippen LogP contribution < -0.4 is 0 Å². The van der Waals surface area contributed by atoms with E-state index < -0.39 is 260 Å². The molecule has 22 fully saturated rings. The van der Waals surface area contributed by atoms with Gasteiger partial charge in [0, 0.05) is 0 Å². The predicted molar refractivity (Wildman–Crippen MR) is 444 cm³/mol. The van der Waals surface area contributed by atoms with Gasteiger partial charge in [-0.2, -0.15) is 0 Å². The fourth-order valence-electron chi connectivity index (χ4n) is 15.6. The van der Waals surface area contributed by atoms with Gasteiger partial charge in [-0.1, -0.05) is 20.8 Å². The van der Waals surface area contributed by atoms with Crippen molar-refractivity contribution in [2.45, 2.75) is 508 Å². The molecule has 1 radical (unpaired) electrons. The molecule has 36 nitrogen and oxygen atoms in total. The van der Waals surface area contributed by atoms with Crippen LogP contribution in [0.4, 0.5) is 0 Å². The van der Waals surface area contributed by atoms with Crippen LogP contribution >= 0.6 is 0 Å². The minimum atomic E-state index is -2.10. The van der Waals surface area contributed by atoms with E-state index in [0.717, 1.165) is 0 Å². The van der Waals surface area contributed by atoms with Crippen LogP contribution in [0.1, 0.15) is 249 Å². The Morgan fingerprint density at radius 3 is 0.650 bits per heavy atom. The summed E-state index contributed by atoms with van der Waals surface area (Å²) in [5.74, 6) is 0. The quantitative estimate of drug-likeness (QED) is 0.0281. The fraction of sp³-hybridized carbons (Fsp3) is 1.00. The Morgan fingerprint density at radius 2 is 0.447 bits per heavy atom. The Hall–Kier alpha value is -1.22. The zero-order chi connectivity index (χ0) is 93.3. The smallest absolute Gasteiger partial charge is 0.205 e. The number of rotatable bonds is 25. The lowest BCUT2D eigenvalue weighted by atomic mass is 9.66. The van der Waals surface area contributed by atoms with Crippen LogP contribution in [0.15, 0.2) is 0 Å². The summed E-state index contributed by atoms with van der Waals surface area (Å²) >= 11 is 0. The van der Waals surface area contributed by atoms with E-state index in [0.29, 0.717) is 0 Å². The van der Waals surface area contributed by atoms with Gasteiger partial charge in [0.05, 0.1) is 101 Å². The molecule has 0 amide bonds. The Kier molecular flexibility index (Phi) is 37.3. The summed E-state index contributed by atoms with van der Waals surface area (Å²) in [5.41, 5.74) is -14.5. The third kappa shape index (κ3) is 31.2. The molecule has 0 aliphatic carbocycles. The molecule has 0 saturated carbocycles. The molecule has 0 aromatic rings. The van der Waals surface area contributed by atoms with E-state index in [9.17, 15) is 31.5 Å². The topological polar surface area (TPSA) is 398 Å². The van der Waals surface area contributed by atoms with Crippen LogP contribution in [-0.4, -0.2) is 326 Å². The monoisotopic (exact) mass is 1800 g/mol. The summed E-state index contributed by atoms with van der Waals surface area (Å²) in [6.45, 7) is 66.7. The minimum Gasteiger partial charge on any atom is -0.406 e. The van der Waals surface area contributed by atoms with E-state index in [1.807, 2.05) is 158 Å². The van der Waals surface area contributed by atoms with E-state index >= 15 is 0 Å². The molecule has 725 valence electrons. The number of ether oxygens (including phenoxy) is 23. The lowest BCUT2D eigenvalue weighted by molar-refractivity contribution is -0.476. The van der Waals surface area contributed by atoms with E-state index in [-0.39, 0.29) is 39.6 Å². The zero-order valence-corrected chi connectivity index (χ0v) is 81.9. The largest absolute Gasteiger partial charge is 0.406 e. The average molecular weight is 1800 g/mol. The highest BCUT2D eigenvalue weighted by atomic mass is 28.3. The van der Waals surface area contributed by atoms with Gasteiger partial charge in [-0.25, -0.2) is 29.3 Å². The molecule has 22 rings (SSSR count). The van der Waals surface area contributed by atoms with Gasteiger partial charge >= 0.3 is 0 Å². The molecule has 30 atom stereocenters. The van der Waals surface area contributed by atoms with Gasteiger partial charge in [-0.3, -0.25) is 31.5 Å². The van der Waals surface area contributed by atoms with Crippen molar-refractivity contribution in [3.63, 3.8) is 0 Å². The molecule has 12 bridgehead atoms. The van der Waals surface area contributed by atoms with Gasteiger partial charge < -0.3 is 113 Å². The zero-order valence-electron chi connectivity index (χ0n) is 80.9. The molecule has 22 heterocycles. The molecule has 6 N–H and O–H groups in total. The van der Waals surface area contributed by atoms with E-state index in [1.165, 1.54) is 0 Å². The first-order valence-electron chi connectivity index (χ1n) is 43.3. The minimum absolute atomic E-state index is 0.323. The third-order valence-corrected chi connectivity index (χ3v) is 21.0.